The molecule has 2 N–H and O–H groups in total. The van der Waals surface area contributed by atoms with Gasteiger partial charge in [0.15, 0.2) is 0 Å². The van der Waals surface area contributed by atoms with Crippen LogP contribution in [0.15, 0.2) is 18.5 Å². The normalized spacial score (nSPS) is 22.3. The molecule has 6 nitrogen and oxygen atoms in total. The SMILES string of the molecule is O=C(O)C1CCCC1C(=O)NCCCn1cccn1. The van der Waals surface area contributed by atoms with Gasteiger partial charge in [-0.1, -0.05) is 6.42 Å². The second kappa shape index (κ2) is 6.36. The Balaban J connectivity index is 1.70. The predicted octanol–water partition coefficient (Wildman–Crippen LogP) is 0.890. The summed E-state index contributed by atoms with van der Waals surface area (Å²) in [6.45, 7) is 1.31. The van der Waals surface area contributed by atoms with Crippen molar-refractivity contribution in [3.05, 3.63) is 18.5 Å². The van der Waals surface area contributed by atoms with Crippen LogP contribution in [0.5, 0.6) is 0 Å². The molecule has 2 atom stereocenters. The highest BCUT2D eigenvalue weighted by atomic mass is 16.4. The number of amides is 1. The fraction of sp³-hybridized carbons (Fsp3) is 0.615. The average molecular weight is 265 g/mol. The van der Waals surface area contributed by atoms with Crippen molar-refractivity contribution in [2.45, 2.75) is 32.2 Å². The third-order valence-electron chi connectivity index (χ3n) is 3.59. The van der Waals surface area contributed by atoms with Gasteiger partial charge < -0.3 is 10.4 Å². The first-order valence-corrected chi connectivity index (χ1v) is 6.66. The van der Waals surface area contributed by atoms with Gasteiger partial charge in [-0.2, -0.15) is 5.10 Å². The first-order valence-electron chi connectivity index (χ1n) is 6.66. The van der Waals surface area contributed by atoms with Crippen molar-refractivity contribution in [2.24, 2.45) is 11.8 Å². The summed E-state index contributed by atoms with van der Waals surface area (Å²) in [5.41, 5.74) is 0. The number of nitrogens with zero attached hydrogens (tertiary/aromatic N) is 2. The molecule has 104 valence electrons. The van der Waals surface area contributed by atoms with Crippen LogP contribution in [-0.4, -0.2) is 33.3 Å². The Hall–Kier alpha value is -1.85. The Bertz CT molecular complexity index is 430. The smallest absolute Gasteiger partial charge is 0.307 e. The molecule has 1 amide bonds. The molecule has 0 aliphatic heterocycles. The number of carboxylic acids is 1. The molecule has 6 heteroatoms. The zero-order valence-electron chi connectivity index (χ0n) is 10.8. The molecular formula is C13H19N3O3. The molecule has 0 bridgehead atoms. The lowest BCUT2D eigenvalue weighted by Crippen LogP contribution is -2.36. The molecule has 1 aromatic heterocycles. The average Bonchev–Trinajstić information content (AvgIpc) is 3.04. The van der Waals surface area contributed by atoms with Crippen LogP contribution >= 0.6 is 0 Å². The number of hydrogen-bond donors (Lipinski definition) is 2. The van der Waals surface area contributed by atoms with Crippen LogP contribution < -0.4 is 5.32 Å². The number of aryl methyl sites for hydroxylation is 1. The van der Waals surface area contributed by atoms with Gasteiger partial charge >= 0.3 is 5.97 Å². The Morgan fingerprint density at radius 3 is 2.84 bits per heavy atom. The van der Waals surface area contributed by atoms with Gasteiger partial charge in [-0.15, -0.1) is 0 Å². The monoisotopic (exact) mass is 265 g/mol. The Morgan fingerprint density at radius 2 is 2.16 bits per heavy atom. The topological polar surface area (TPSA) is 84.2 Å². The van der Waals surface area contributed by atoms with Gasteiger partial charge in [0.1, 0.15) is 0 Å². The molecular weight excluding hydrogens is 246 g/mol. The van der Waals surface area contributed by atoms with Gasteiger partial charge in [0, 0.05) is 25.5 Å². The number of aliphatic carboxylic acids is 1. The van der Waals surface area contributed by atoms with E-state index in [1.807, 2.05) is 16.9 Å². The van der Waals surface area contributed by atoms with E-state index in [0.717, 1.165) is 19.4 Å². The number of carboxylic acid groups (broad SMARTS) is 1. The molecule has 19 heavy (non-hydrogen) atoms. The second-order valence-electron chi connectivity index (χ2n) is 4.90. The predicted molar refractivity (Wildman–Crippen MR) is 68.3 cm³/mol. The molecule has 1 aromatic rings. The van der Waals surface area contributed by atoms with Gasteiger partial charge in [-0.25, -0.2) is 0 Å². The van der Waals surface area contributed by atoms with Crippen LogP contribution in [0.25, 0.3) is 0 Å². The van der Waals surface area contributed by atoms with Crippen molar-refractivity contribution in [2.75, 3.05) is 6.54 Å². The van der Waals surface area contributed by atoms with E-state index in [9.17, 15) is 9.59 Å². The van der Waals surface area contributed by atoms with E-state index < -0.39 is 11.9 Å². The molecule has 2 rings (SSSR count). The van der Waals surface area contributed by atoms with E-state index in [4.69, 9.17) is 5.11 Å². The van der Waals surface area contributed by atoms with Crippen molar-refractivity contribution >= 4 is 11.9 Å². The molecule has 0 aromatic carbocycles. The summed E-state index contributed by atoms with van der Waals surface area (Å²) in [6, 6.07) is 1.86. The van der Waals surface area contributed by atoms with Gasteiger partial charge in [0.25, 0.3) is 0 Å². The number of aromatic nitrogens is 2. The summed E-state index contributed by atoms with van der Waals surface area (Å²) in [4.78, 5) is 22.9. The van der Waals surface area contributed by atoms with Crippen molar-refractivity contribution in [1.29, 1.82) is 0 Å². The summed E-state index contributed by atoms with van der Waals surface area (Å²) in [5, 5.41) is 15.9. The first-order chi connectivity index (χ1) is 9.18. The largest absolute Gasteiger partial charge is 0.481 e. The lowest BCUT2D eigenvalue weighted by Gasteiger charge is -2.15. The van der Waals surface area contributed by atoms with Crippen molar-refractivity contribution in [3.63, 3.8) is 0 Å². The van der Waals surface area contributed by atoms with E-state index in [0.29, 0.717) is 19.4 Å². The maximum atomic E-state index is 11.9. The highest BCUT2D eigenvalue weighted by Gasteiger charge is 2.37. The van der Waals surface area contributed by atoms with Crippen LogP contribution in [0.4, 0.5) is 0 Å². The maximum Gasteiger partial charge on any atom is 0.307 e. The quantitative estimate of drug-likeness (QED) is 0.748. The summed E-state index contributed by atoms with van der Waals surface area (Å²) in [5.74, 6) is -1.84. The number of carbonyl (C=O) groups is 2. The summed E-state index contributed by atoms with van der Waals surface area (Å²) in [7, 11) is 0. The van der Waals surface area contributed by atoms with Crippen molar-refractivity contribution < 1.29 is 14.7 Å². The molecule has 0 spiro atoms. The Kier molecular flexibility index (Phi) is 4.54. The highest BCUT2D eigenvalue weighted by molar-refractivity contribution is 5.85. The van der Waals surface area contributed by atoms with Crippen LogP contribution in [0.3, 0.4) is 0 Å². The van der Waals surface area contributed by atoms with Gasteiger partial charge in [-0.3, -0.25) is 14.3 Å². The van der Waals surface area contributed by atoms with E-state index in [1.165, 1.54) is 0 Å². The summed E-state index contributed by atoms with van der Waals surface area (Å²) in [6.07, 6.45) is 6.50. The molecule has 0 radical (unpaired) electrons. The number of carbonyl (C=O) groups excluding carboxylic acids is 1. The molecule has 1 saturated carbocycles. The summed E-state index contributed by atoms with van der Waals surface area (Å²) >= 11 is 0. The van der Waals surface area contributed by atoms with Gasteiger partial charge in [-0.05, 0) is 25.3 Å². The highest BCUT2D eigenvalue weighted by Crippen LogP contribution is 2.31. The maximum absolute atomic E-state index is 11.9. The fourth-order valence-electron chi connectivity index (χ4n) is 2.59. The molecule has 1 heterocycles. The minimum absolute atomic E-state index is 0.120. The third-order valence-corrected chi connectivity index (χ3v) is 3.59. The zero-order chi connectivity index (χ0) is 13.7. The number of nitrogens with one attached hydrogen (secondary N) is 1. The standard InChI is InChI=1S/C13H19N3O3/c17-12(10-4-1-5-11(10)13(18)19)14-6-2-8-16-9-3-7-15-16/h3,7,9-11H,1-2,4-6,8H2,(H,14,17)(H,18,19). The minimum atomic E-state index is -0.853. The molecule has 0 saturated heterocycles. The van der Waals surface area contributed by atoms with Crippen LogP contribution in [0.1, 0.15) is 25.7 Å². The van der Waals surface area contributed by atoms with Crippen LogP contribution in [0.2, 0.25) is 0 Å². The molecule has 2 unspecified atom stereocenters. The van der Waals surface area contributed by atoms with Crippen LogP contribution in [0, 0.1) is 11.8 Å². The van der Waals surface area contributed by atoms with Crippen LogP contribution in [-0.2, 0) is 16.1 Å². The van der Waals surface area contributed by atoms with Crippen molar-refractivity contribution in [3.8, 4) is 0 Å². The van der Waals surface area contributed by atoms with E-state index in [2.05, 4.69) is 10.4 Å². The van der Waals surface area contributed by atoms with Gasteiger partial charge in [0.2, 0.25) is 5.91 Å². The lowest BCUT2D eigenvalue weighted by molar-refractivity contribution is -0.146. The van der Waals surface area contributed by atoms with E-state index >= 15 is 0 Å². The van der Waals surface area contributed by atoms with Gasteiger partial charge in [0.05, 0.1) is 11.8 Å². The summed E-state index contributed by atoms with van der Waals surface area (Å²) < 4.78 is 1.81. The third kappa shape index (κ3) is 3.56. The number of hydrogen-bond acceptors (Lipinski definition) is 3. The second-order valence-corrected chi connectivity index (χ2v) is 4.90. The Labute approximate surface area is 111 Å². The molecule has 1 aliphatic rings. The fourth-order valence-corrected chi connectivity index (χ4v) is 2.59. The Morgan fingerprint density at radius 1 is 1.37 bits per heavy atom. The number of rotatable bonds is 6. The lowest BCUT2D eigenvalue weighted by atomic mass is 9.95. The zero-order valence-corrected chi connectivity index (χ0v) is 10.8. The van der Waals surface area contributed by atoms with E-state index in [-0.39, 0.29) is 11.8 Å². The first kappa shape index (κ1) is 13.6. The molecule has 1 fully saturated rings. The minimum Gasteiger partial charge on any atom is -0.481 e. The van der Waals surface area contributed by atoms with Crippen molar-refractivity contribution in [1.82, 2.24) is 15.1 Å². The molecule has 1 aliphatic carbocycles. The van der Waals surface area contributed by atoms with E-state index in [1.54, 1.807) is 6.20 Å².